The van der Waals surface area contributed by atoms with Gasteiger partial charge in [-0.3, -0.25) is 14.9 Å². The molecule has 0 atom stereocenters. The average Bonchev–Trinajstić information content (AvgIpc) is 3.13. The number of para-hydroxylation sites is 1. The first kappa shape index (κ1) is 21.2. The van der Waals surface area contributed by atoms with E-state index in [1.807, 2.05) is 18.2 Å². The number of hydrogen-bond acceptors (Lipinski definition) is 7. The summed E-state index contributed by atoms with van der Waals surface area (Å²) in [6.07, 6.45) is 1.97. The van der Waals surface area contributed by atoms with Crippen LogP contribution in [-0.4, -0.2) is 32.6 Å². The van der Waals surface area contributed by atoms with Gasteiger partial charge >= 0.3 is 0 Å². The SMILES string of the molecule is CC1(CC(=O)N/N=C\c2ccccc2OCc2ccc([N+](=O)[O-])cc2)SCCS1. The number of nitro groups is 1. The highest BCUT2D eigenvalue weighted by Crippen LogP contribution is 2.45. The molecule has 1 aliphatic heterocycles. The second-order valence-corrected chi connectivity index (χ2v) is 10.0. The van der Waals surface area contributed by atoms with Gasteiger partial charge in [-0.25, -0.2) is 5.43 Å². The monoisotopic (exact) mass is 431 g/mol. The molecule has 1 amide bonds. The van der Waals surface area contributed by atoms with Crippen LogP contribution in [-0.2, 0) is 11.4 Å². The summed E-state index contributed by atoms with van der Waals surface area (Å²) >= 11 is 3.61. The number of nitrogens with zero attached hydrogens (tertiary/aromatic N) is 2. The predicted octanol–water partition coefficient (Wildman–Crippen LogP) is 4.21. The molecule has 152 valence electrons. The number of amides is 1. The third kappa shape index (κ3) is 6.23. The molecule has 1 N–H and O–H groups in total. The van der Waals surface area contributed by atoms with Crippen molar-refractivity contribution in [1.29, 1.82) is 0 Å². The smallest absolute Gasteiger partial charge is 0.269 e. The zero-order chi connectivity index (χ0) is 20.7. The molecule has 0 unspecified atom stereocenters. The van der Waals surface area contributed by atoms with Crippen molar-refractivity contribution in [2.75, 3.05) is 11.5 Å². The van der Waals surface area contributed by atoms with Crippen molar-refractivity contribution < 1.29 is 14.5 Å². The Morgan fingerprint density at radius 3 is 2.62 bits per heavy atom. The minimum atomic E-state index is -0.435. The van der Waals surface area contributed by atoms with E-state index in [1.165, 1.54) is 12.1 Å². The lowest BCUT2D eigenvalue weighted by Crippen LogP contribution is -2.26. The van der Waals surface area contributed by atoms with Gasteiger partial charge in [-0.05, 0) is 36.8 Å². The van der Waals surface area contributed by atoms with E-state index in [0.717, 1.165) is 22.6 Å². The van der Waals surface area contributed by atoms with Crippen molar-refractivity contribution in [3.05, 3.63) is 69.8 Å². The summed E-state index contributed by atoms with van der Waals surface area (Å²) in [5.41, 5.74) is 4.17. The van der Waals surface area contributed by atoms with Gasteiger partial charge in [0.15, 0.2) is 0 Å². The maximum absolute atomic E-state index is 12.1. The summed E-state index contributed by atoms with van der Waals surface area (Å²) in [6.45, 7) is 2.35. The molecule has 0 bridgehead atoms. The van der Waals surface area contributed by atoms with Crippen LogP contribution in [0.1, 0.15) is 24.5 Å². The molecule has 9 heteroatoms. The average molecular weight is 432 g/mol. The molecule has 0 saturated carbocycles. The molecule has 1 aliphatic rings. The summed E-state index contributed by atoms with van der Waals surface area (Å²) in [7, 11) is 0. The van der Waals surface area contributed by atoms with Crippen LogP contribution in [0.25, 0.3) is 0 Å². The first-order chi connectivity index (χ1) is 14.0. The quantitative estimate of drug-likeness (QED) is 0.382. The van der Waals surface area contributed by atoms with E-state index < -0.39 is 4.92 Å². The van der Waals surface area contributed by atoms with Gasteiger partial charge in [-0.1, -0.05) is 12.1 Å². The number of benzene rings is 2. The van der Waals surface area contributed by atoms with Crippen molar-refractivity contribution in [3.63, 3.8) is 0 Å². The normalized spacial score (nSPS) is 15.3. The van der Waals surface area contributed by atoms with E-state index >= 15 is 0 Å². The van der Waals surface area contributed by atoms with Gasteiger partial charge in [0.05, 0.1) is 21.6 Å². The Balaban J connectivity index is 1.56. The predicted molar refractivity (Wildman–Crippen MR) is 118 cm³/mol. The largest absolute Gasteiger partial charge is 0.488 e. The maximum atomic E-state index is 12.1. The van der Waals surface area contributed by atoms with Gasteiger partial charge in [-0.2, -0.15) is 5.10 Å². The van der Waals surface area contributed by atoms with Crippen LogP contribution in [0.15, 0.2) is 53.6 Å². The Kier molecular flexibility index (Phi) is 7.16. The summed E-state index contributed by atoms with van der Waals surface area (Å²) in [6, 6.07) is 13.6. The van der Waals surface area contributed by atoms with Gasteiger partial charge in [0.1, 0.15) is 12.4 Å². The number of carbonyl (C=O) groups is 1. The van der Waals surface area contributed by atoms with E-state index in [1.54, 1.807) is 47.9 Å². The molecule has 1 heterocycles. The molecule has 2 aromatic carbocycles. The molecule has 0 aliphatic carbocycles. The molecule has 1 fully saturated rings. The Bertz CT molecular complexity index is 897. The Morgan fingerprint density at radius 2 is 1.93 bits per heavy atom. The molecule has 1 saturated heterocycles. The van der Waals surface area contributed by atoms with Crippen LogP contribution in [0, 0.1) is 10.1 Å². The fourth-order valence-electron chi connectivity index (χ4n) is 2.76. The van der Waals surface area contributed by atoms with Crippen molar-refractivity contribution in [2.24, 2.45) is 5.10 Å². The number of rotatable bonds is 8. The number of carbonyl (C=O) groups excluding carboxylic acids is 1. The highest BCUT2D eigenvalue weighted by Gasteiger charge is 2.32. The second-order valence-electron chi connectivity index (χ2n) is 6.55. The summed E-state index contributed by atoms with van der Waals surface area (Å²) in [5, 5.41) is 14.8. The van der Waals surface area contributed by atoms with Gasteiger partial charge < -0.3 is 4.74 Å². The minimum absolute atomic E-state index is 0.0419. The first-order valence-corrected chi connectivity index (χ1v) is 11.0. The number of thioether (sulfide) groups is 2. The molecule has 0 aromatic heterocycles. The van der Waals surface area contributed by atoms with E-state index in [2.05, 4.69) is 17.5 Å². The Labute approximate surface area is 177 Å². The van der Waals surface area contributed by atoms with E-state index in [4.69, 9.17) is 4.74 Å². The fourth-order valence-corrected chi connectivity index (χ4v) is 5.59. The van der Waals surface area contributed by atoms with Crippen LogP contribution in [0.4, 0.5) is 5.69 Å². The van der Waals surface area contributed by atoms with Crippen molar-refractivity contribution in [1.82, 2.24) is 5.43 Å². The fraction of sp³-hybridized carbons (Fsp3) is 0.300. The van der Waals surface area contributed by atoms with E-state index in [-0.39, 0.29) is 22.3 Å². The number of non-ortho nitro benzene ring substituents is 1. The maximum Gasteiger partial charge on any atom is 0.269 e. The van der Waals surface area contributed by atoms with Crippen LogP contribution in [0.2, 0.25) is 0 Å². The standard InChI is InChI=1S/C20H21N3O4S2/c1-20(28-10-11-29-20)12-19(24)22-21-13-16-4-2-3-5-18(16)27-14-15-6-8-17(9-7-15)23(25)26/h2-9,13H,10-12,14H2,1H3,(H,22,24)/b21-13-. The highest BCUT2D eigenvalue weighted by atomic mass is 32.2. The second kappa shape index (κ2) is 9.80. The van der Waals surface area contributed by atoms with Gasteiger partial charge in [0.25, 0.3) is 5.69 Å². The molecule has 0 spiro atoms. The summed E-state index contributed by atoms with van der Waals surface area (Å²) in [4.78, 5) is 22.4. The van der Waals surface area contributed by atoms with Crippen LogP contribution in [0.5, 0.6) is 5.75 Å². The lowest BCUT2D eigenvalue weighted by Gasteiger charge is -2.19. The Morgan fingerprint density at radius 1 is 1.24 bits per heavy atom. The zero-order valence-corrected chi connectivity index (χ0v) is 17.5. The molecule has 3 rings (SSSR count). The number of ether oxygens (including phenoxy) is 1. The minimum Gasteiger partial charge on any atom is -0.488 e. The van der Waals surface area contributed by atoms with Gasteiger partial charge in [0.2, 0.25) is 5.91 Å². The number of nitrogens with one attached hydrogen (secondary N) is 1. The summed E-state index contributed by atoms with van der Waals surface area (Å²) in [5.74, 6) is 2.63. The number of nitro benzene ring substituents is 1. The van der Waals surface area contributed by atoms with Crippen molar-refractivity contribution in [3.8, 4) is 5.75 Å². The van der Waals surface area contributed by atoms with E-state index in [9.17, 15) is 14.9 Å². The van der Waals surface area contributed by atoms with Gasteiger partial charge in [0, 0.05) is 29.2 Å². The van der Waals surface area contributed by atoms with Crippen molar-refractivity contribution in [2.45, 2.75) is 24.0 Å². The number of hydrogen-bond donors (Lipinski definition) is 1. The lowest BCUT2D eigenvalue weighted by atomic mass is 10.2. The third-order valence-corrected chi connectivity index (χ3v) is 7.53. The summed E-state index contributed by atoms with van der Waals surface area (Å²) < 4.78 is 5.75. The van der Waals surface area contributed by atoms with E-state index in [0.29, 0.717) is 12.2 Å². The van der Waals surface area contributed by atoms with Crippen molar-refractivity contribution >= 4 is 41.3 Å². The Hall–Kier alpha value is -2.52. The molecule has 7 nitrogen and oxygen atoms in total. The molecular weight excluding hydrogens is 410 g/mol. The topological polar surface area (TPSA) is 93.8 Å². The number of hydrazone groups is 1. The molecule has 29 heavy (non-hydrogen) atoms. The molecular formula is C20H21N3O4S2. The molecule has 0 radical (unpaired) electrons. The molecule has 2 aromatic rings. The lowest BCUT2D eigenvalue weighted by molar-refractivity contribution is -0.384. The third-order valence-electron chi connectivity index (χ3n) is 4.23. The zero-order valence-electron chi connectivity index (χ0n) is 15.9. The van der Waals surface area contributed by atoms with Crippen LogP contribution >= 0.6 is 23.5 Å². The van der Waals surface area contributed by atoms with Gasteiger partial charge in [-0.15, -0.1) is 23.5 Å². The van der Waals surface area contributed by atoms with Crippen LogP contribution in [0.3, 0.4) is 0 Å². The van der Waals surface area contributed by atoms with Crippen LogP contribution < -0.4 is 10.2 Å². The first-order valence-electron chi connectivity index (χ1n) is 9.00. The highest BCUT2D eigenvalue weighted by molar-refractivity contribution is 8.21.